The number of amides is 1. The predicted molar refractivity (Wildman–Crippen MR) is 105 cm³/mol. The van der Waals surface area contributed by atoms with E-state index in [-0.39, 0.29) is 11.3 Å². The summed E-state index contributed by atoms with van der Waals surface area (Å²) in [7, 11) is 0. The molecule has 2 aliphatic rings. The van der Waals surface area contributed by atoms with Crippen molar-refractivity contribution in [3.8, 4) is 6.07 Å². The van der Waals surface area contributed by atoms with Crippen molar-refractivity contribution < 1.29 is 9.32 Å². The predicted octanol–water partition coefficient (Wildman–Crippen LogP) is 4.89. The highest BCUT2D eigenvalue weighted by atomic mass is 32.1. The van der Waals surface area contributed by atoms with Crippen molar-refractivity contribution in [3.05, 3.63) is 33.0 Å². The van der Waals surface area contributed by atoms with Gasteiger partial charge in [-0.1, -0.05) is 25.9 Å². The van der Waals surface area contributed by atoms with Crippen LogP contribution in [0.4, 0.5) is 5.00 Å². The van der Waals surface area contributed by atoms with Crippen molar-refractivity contribution in [2.45, 2.75) is 65.7 Å². The Morgan fingerprint density at radius 2 is 2.04 bits per heavy atom. The average molecular weight is 384 g/mol. The van der Waals surface area contributed by atoms with Gasteiger partial charge in [0.25, 0.3) is 5.91 Å². The summed E-state index contributed by atoms with van der Waals surface area (Å²) in [5.74, 6) is 1.08. The lowest BCUT2D eigenvalue weighted by molar-refractivity contribution is 0.101. The smallest absolute Gasteiger partial charge is 0.278 e. The Morgan fingerprint density at radius 3 is 2.78 bits per heavy atom. The molecular formula is C21H25N3O2S. The van der Waals surface area contributed by atoms with Gasteiger partial charge in [-0.2, -0.15) is 5.26 Å². The second-order valence-corrected chi connectivity index (χ2v) is 9.82. The number of thiophene rings is 1. The molecule has 142 valence electrons. The molecule has 1 N–H and O–H groups in total. The number of aromatic nitrogens is 1. The number of nitrogens with zero attached hydrogens (tertiary/aromatic N) is 2. The van der Waals surface area contributed by atoms with Crippen molar-refractivity contribution in [1.82, 2.24) is 5.16 Å². The van der Waals surface area contributed by atoms with Gasteiger partial charge in [-0.25, -0.2) is 0 Å². The van der Waals surface area contributed by atoms with Gasteiger partial charge in [0, 0.05) is 16.9 Å². The minimum absolute atomic E-state index is 0.184. The lowest BCUT2D eigenvalue weighted by atomic mass is 9.71. The molecule has 0 fully saturated rings. The first-order valence-corrected chi connectivity index (χ1v) is 10.5. The van der Waals surface area contributed by atoms with E-state index < -0.39 is 0 Å². The third kappa shape index (κ3) is 3.29. The summed E-state index contributed by atoms with van der Waals surface area (Å²) in [5.41, 5.74) is 3.27. The molecule has 0 radical (unpaired) electrons. The first kappa shape index (κ1) is 18.2. The summed E-state index contributed by atoms with van der Waals surface area (Å²) in [4.78, 5) is 14.2. The average Bonchev–Trinajstić information content (AvgIpc) is 3.20. The van der Waals surface area contributed by atoms with E-state index in [1.54, 1.807) is 11.3 Å². The largest absolute Gasteiger partial charge is 0.360 e. The molecule has 27 heavy (non-hydrogen) atoms. The lowest BCUT2D eigenvalue weighted by Crippen LogP contribution is -2.27. The third-order valence-corrected chi connectivity index (χ3v) is 7.20. The van der Waals surface area contributed by atoms with Crippen LogP contribution in [0.25, 0.3) is 0 Å². The fourth-order valence-corrected chi connectivity index (χ4v) is 5.49. The molecule has 5 nitrogen and oxygen atoms in total. The molecule has 1 atom stereocenters. The zero-order chi connectivity index (χ0) is 19.2. The molecule has 0 aromatic carbocycles. The molecule has 0 bridgehead atoms. The summed E-state index contributed by atoms with van der Waals surface area (Å²) in [6.07, 6.45) is 6.89. The Labute approximate surface area is 163 Å². The molecule has 2 aromatic heterocycles. The van der Waals surface area contributed by atoms with Crippen LogP contribution in [0.1, 0.15) is 77.8 Å². The summed E-state index contributed by atoms with van der Waals surface area (Å²) in [6, 6.07) is 2.30. The van der Waals surface area contributed by atoms with Crippen LogP contribution in [0.3, 0.4) is 0 Å². The first-order chi connectivity index (χ1) is 12.9. The molecule has 6 heteroatoms. The van der Waals surface area contributed by atoms with Gasteiger partial charge in [-0.15, -0.1) is 11.3 Å². The highest BCUT2D eigenvalue weighted by molar-refractivity contribution is 7.16. The molecule has 0 saturated carbocycles. The second-order valence-electron chi connectivity index (χ2n) is 8.72. The number of carbonyl (C=O) groups is 1. The van der Waals surface area contributed by atoms with Crippen molar-refractivity contribution in [3.63, 3.8) is 0 Å². The van der Waals surface area contributed by atoms with E-state index in [1.165, 1.54) is 4.88 Å². The summed E-state index contributed by atoms with van der Waals surface area (Å²) in [6.45, 7) is 6.72. The van der Waals surface area contributed by atoms with Crippen LogP contribution in [0.5, 0.6) is 0 Å². The normalized spacial score (nSPS) is 19.1. The molecule has 2 aliphatic carbocycles. The molecule has 0 unspecified atom stereocenters. The maximum atomic E-state index is 12.9. The molecular weight excluding hydrogens is 358 g/mol. The fourth-order valence-electron chi connectivity index (χ4n) is 4.26. The van der Waals surface area contributed by atoms with Crippen LogP contribution in [0.2, 0.25) is 0 Å². The molecule has 4 rings (SSSR count). The maximum absolute atomic E-state index is 12.9. The van der Waals surface area contributed by atoms with Crippen molar-refractivity contribution in [1.29, 1.82) is 5.26 Å². The SMILES string of the molecule is CC(C)(C)[C@H]1CCc2onc(C(=O)Nc3sc4c(c3C#N)CCCC4)c2C1. The van der Waals surface area contributed by atoms with Crippen LogP contribution < -0.4 is 5.32 Å². The zero-order valence-corrected chi connectivity index (χ0v) is 17.0. The third-order valence-electron chi connectivity index (χ3n) is 5.99. The Balaban J connectivity index is 1.60. The van der Waals surface area contributed by atoms with Gasteiger partial charge < -0.3 is 9.84 Å². The number of hydrogen-bond donors (Lipinski definition) is 1. The number of nitrogens with one attached hydrogen (secondary N) is 1. The highest BCUT2D eigenvalue weighted by Gasteiger charge is 2.34. The van der Waals surface area contributed by atoms with Gasteiger partial charge in [0.15, 0.2) is 5.69 Å². The van der Waals surface area contributed by atoms with E-state index in [0.717, 1.165) is 61.8 Å². The molecule has 0 spiro atoms. The molecule has 2 aromatic rings. The Bertz CT molecular complexity index is 927. The summed E-state index contributed by atoms with van der Waals surface area (Å²) in [5, 5.41) is 17.3. The Hall–Kier alpha value is -2.13. The Kier molecular flexibility index (Phi) is 4.59. The van der Waals surface area contributed by atoms with Crippen LogP contribution in [0, 0.1) is 22.7 Å². The van der Waals surface area contributed by atoms with Crippen LogP contribution in [-0.2, 0) is 25.7 Å². The summed E-state index contributed by atoms with van der Waals surface area (Å²) >= 11 is 1.54. The standard InChI is InChI=1S/C21H25N3O2S/c1-21(2,3)12-8-9-16-14(10-12)18(24-26-16)19(25)23-20-15(11-22)13-6-4-5-7-17(13)27-20/h12H,4-10H2,1-3H3,(H,23,25)/t12-/m0/s1. The van der Waals surface area contributed by atoms with Crippen LogP contribution in [0.15, 0.2) is 4.52 Å². The van der Waals surface area contributed by atoms with E-state index in [2.05, 4.69) is 37.3 Å². The van der Waals surface area contributed by atoms with Crippen molar-refractivity contribution in [2.24, 2.45) is 11.3 Å². The number of fused-ring (bicyclic) bond motifs is 2. The van der Waals surface area contributed by atoms with Gasteiger partial charge in [0.1, 0.15) is 16.8 Å². The topological polar surface area (TPSA) is 78.9 Å². The number of hydrogen-bond acceptors (Lipinski definition) is 5. The number of nitriles is 1. The van der Waals surface area contributed by atoms with Crippen molar-refractivity contribution in [2.75, 3.05) is 5.32 Å². The summed E-state index contributed by atoms with van der Waals surface area (Å²) < 4.78 is 5.47. The van der Waals surface area contributed by atoms with E-state index in [1.807, 2.05) is 0 Å². The van der Waals surface area contributed by atoms with E-state index in [4.69, 9.17) is 4.52 Å². The van der Waals surface area contributed by atoms with Crippen LogP contribution in [-0.4, -0.2) is 11.1 Å². The minimum atomic E-state index is -0.260. The molecule has 0 saturated heterocycles. The monoisotopic (exact) mass is 383 g/mol. The quantitative estimate of drug-likeness (QED) is 0.801. The number of anilines is 1. The van der Waals surface area contributed by atoms with Gasteiger partial charge in [0.2, 0.25) is 0 Å². The van der Waals surface area contributed by atoms with Crippen molar-refractivity contribution >= 4 is 22.2 Å². The number of rotatable bonds is 2. The first-order valence-electron chi connectivity index (χ1n) is 9.72. The Morgan fingerprint density at radius 1 is 1.26 bits per heavy atom. The number of carbonyl (C=O) groups excluding carboxylic acids is 1. The van der Waals surface area contributed by atoms with Crippen LogP contribution >= 0.6 is 11.3 Å². The molecule has 1 amide bonds. The highest BCUT2D eigenvalue weighted by Crippen LogP contribution is 2.40. The van der Waals surface area contributed by atoms with E-state index in [9.17, 15) is 10.1 Å². The second kappa shape index (κ2) is 6.79. The minimum Gasteiger partial charge on any atom is -0.360 e. The lowest BCUT2D eigenvalue weighted by Gasteiger charge is -2.33. The fraction of sp³-hybridized carbons (Fsp3) is 0.571. The zero-order valence-electron chi connectivity index (χ0n) is 16.1. The molecule has 2 heterocycles. The van der Waals surface area contributed by atoms with E-state index in [0.29, 0.717) is 22.2 Å². The maximum Gasteiger partial charge on any atom is 0.278 e. The van der Waals surface area contributed by atoms with Gasteiger partial charge in [-0.3, -0.25) is 4.79 Å². The van der Waals surface area contributed by atoms with E-state index >= 15 is 0 Å². The van der Waals surface area contributed by atoms with Gasteiger partial charge >= 0.3 is 0 Å². The van der Waals surface area contributed by atoms with Gasteiger partial charge in [0.05, 0.1) is 5.56 Å². The van der Waals surface area contributed by atoms with Gasteiger partial charge in [-0.05, 0) is 55.4 Å². The number of aryl methyl sites for hydroxylation is 2. The molecule has 0 aliphatic heterocycles.